The average Bonchev–Trinajstić information content (AvgIpc) is 2.34. The summed E-state index contributed by atoms with van der Waals surface area (Å²) in [5.41, 5.74) is 6.64. The molecule has 0 aromatic heterocycles. The van der Waals surface area contributed by atoms with Crippen LogP contribution in [0.25, 0.3) is 0 Å². The van der Waals surface area contributed by atoms with Crippen LogP contribution in [-0.4, -0.2) is 6.61 Å². The lowest BCUT2D eigenvalue weighted by Crippen LogP contribution is -1.99. The van der Waals surface area contributed by atoms with Crippen molar-refractivity contribution < 1.29 is 4.74 Å². The third-order valence-electron chi connectivity index (χ3n) is 2.13. The van der Waals surface area contributed by atoms with E-state index >= 15 is 0 Å². The van der Waals surface area contributed by atoms with Gasteiger partial charge in [-0.1, -0.05) is 25.0 Å². The highest BCUT2D eigenvalue weighted by molar-refractivity contribution is 5.28. The van der Waals surface area contributed by atoms with Crippen LogP contribution >= 0.6 is 0 Å². The molecule has 0 aliphatic heterocycles. The van der Waals surface area contributed by atoms with Crippen LogP contribution in [0.3, 0.4) is 0 Å². The molecule has 2 nitrogen and oxygen atoms in total. The average molecular weight is 217 g/mol. The van der Waals surface area contributed by atoms with Gasteiger partial charge in [-0.25, -0.2) is 0 Å². The van der Waals surface area contributed by atoms with E-state index in [9.17, 15) is 0 Å². The highest BCUT2D eigenvalue weighted by Gasteiger charge is 1.94. The van der Waals surface area contributed by atoms with Crippen molar-refractivity contribution in [3.8, 4) is 17.6 Å². The molecule has 16 heavy (non-hydrogen) atoms. The smallest absolute Gasteiger partial charge is 0.119 e. The molecule has 0 aliphatic carbocycles. The lowest BCUT2D eigenvalue weighted by atomic mass is 10.2. The van der Waals surface area contributed by atoms with Crippen LogP contribution < -0.4 is 10.5 Å². The number of unbranched alkanes of at least 4 members (excludes halogenated alkanes) is 1. The van der Waals surface area contributed by atoms with E-state index in [0.717, 1.165) is 30.6 Å². The highest BCUT2D eigenvalue weighted by Crippen LogP contribution is 2.12. The lowest BCUT2D eigenvalue weighted by molar-refractivity contribution is 0.327. The van der Waals surface area contributed by atoms with E-state index in [1.807, 2.05) is 24.3 Å². The molecule has 0 spiro atoms. The van der Waals surface area contributed by atoms with Gasteiger partial charge in [0.1, 0.15) is 5.75 Å². The molecule has 0 heterocycles. The zero-order valence-electron chi connectivity index (χ0n) is 9.83. The number of hydrogen-bond donors (Lipinski definition) is 1. The third kappa shape index (κ3) is 4.86. The van der Waals surface area contributed by atoms with E-state index in [2.05, 4.69) is 18.8 Å². The van der Waals surface area contributed by atoms with Gasteiger partial charge in [-0.15, -0.1) is 5.92 Å². The first-order valence-corrected chi connectivity index (χ1v) is 5.74. The quantitative estimate of drug-likeness (QED) is 0.608. The second kappa shape index (κ2) is 7.78. The minimum absolute atomic E-state index is 0.549. The molecular weight excluding hydrogens is 198 g/mol. The molecule has 0 aliphatic rings. The van der Waals surface area contributed by atoms with E-state index in [-0.39, 0.29) is 0 Å². The van der Waals surface area contributed by atoms with Gasteiger partial charge in [0.2, 0.25) is 0 Å². The Morgan fingerprint density at radius 3 is 2.81 bits per heavy atom. The number of rotatable bonds is 5. The van der Waals surface area contributed by atoms with Gasteiger partial charge in [-0.05, 0) is 24.1 Å². The van der Waals surface area contributed by atoms with Crippen LogP contribution in [0.4, 0.5) is 0 Å². The number of ether oxygens (including phenoxy) is 1. The molecule has 0 atom stereocenters. The van der Waals surface area contributed by atoms with Crippen LogP contribution in [-0.2, 0) is 6.54 Å². The molecule has 0 bridgehead atoms. The molecule has 1 aromatic rings. The highest BCUT2D eigenvalue weighted by atomic mass is 16.5. The zero-order chi connectivity index (χ0) is 11.6. The third-order valence-corrected chi connectivity index (χ3v) is 2.13. The summed E-state index contributed by atoms with van der Waals surface area (Å²) in [7, 11) is 0. The summed E-state index contributed by atoms with van der Waals surface area (Å²) in [6, 6.07) is 7.87. The predicted molar refractivity (Wildman–Crippen MR) is 67.1 cm³/mol. The topological polar surface area (TPSA) is 35.2 Å². The largest absolute Gasteiger partial charge is 0.493 e. The number of nitrogens with two attached hydrogens (primary N) is 1. The fourth-order valence-corrected chi connectivity index (χ4v) is 1.28. The van der Waals surface area contributed by atoms with Crippen molar-refractivity contribution in [1.29, 1.82) is 0 Å². The molecule has 0 saturated heterocycles. The summed E-state index contributed by atoms with van der Waals surface area (Å²) in [6.07, 6.45) is 2.88. The molecule has 0 unspecified atom stereocenters. The molecule has 2 heteroatoms. The summed E-state index contributed by atoms with van der Waals surface area (Å²) in [5, 5.41) is 0. The molecular formula is C14H19NO. The Hall–Kier alpha value is -1.46. The van der Waals surface area contributed by atoms with Crippen molar-refractivity contribution >= 4 is 0 Å². The van der Waals surface area contributed by atoms with Crippen molar-refractivity contribution in [1.82, 2.24) is 0 Å². The standard InChI is InChI=1S/C14H19NO/c1-2-3-4-5-6-10-16-14-9-7-8-13(11-14)12-15/h7-9,11H,2-3,6,10,12,15H2,1H3. The van der Waals surface area contributed by atoms with Crippen molar-refractivity contribution in [2.45, 2.75) is 32.7 Å². The zero-order valence-corrected chi connectivity index (χ0v) is 9.83. The van der Waals surface area contributed by atoms with Gasteiger partial charge >= 0.3 is 0 Å². The predicted octanol–water partition coefficient (Wildman–Crippen LogP) is 2.72. The first-order chi connectivity index (χ1) is 7.86. The van der Waals surface area contributed by atoms with E-state index in [4.69, 9.17) is 10.5 Å². The maximum Gasteiger partial charge on any atom is 0.119 e. The number of hydrogen-bond acceptors (Lipinski definition) is 2. The molecule has 1 rings (SSSR count). The molecule has 0 radical (unpaired) electrons. The number of benzene rings is 1. The van der Waals surface area contributed by atoms with E-state index in [1.54, 1.807) is 0 Å². The Morgan fingerprint density at radius 2 is 2.06 bits per heavy atom. The van der Waals surface area contributed by atoms with Crippen LogP contribution in [0.1, 0.15) is 31.7 Å². The Balaban J connectivity index is 2.29. The molecule has 86 valence electrons. The van der Waals surface area contributed by atoms with Gasteiger partial charge in [0.15, 0.2) is 0 Å². The maximum atomic E-state index is 5.57. The maximum absolute atomic E-state index is 5.57. The molecule has 1 aromatic carbocycles. The van der Waals surface area contributed by atoms with Crippen molar-refractivity contribution in [3.05, 3.63) is 29.8 Å². The van der Waals surface area contributed by atoms with Gasteiger partial charge in [0.25, 0.3) is 0 Å². The van der Waals surface area contributed by atoms with Crippen LogP contribution in [0.5, 0.6) is 5.75 Å². The van der Waals surface area contributed by atoms with Crippen molar-refractivity contribution in [2.24, 2.45) is 5.73 Å². The molecule has 0 amide bonds. The Morgan fingerprint density at radius 1 is 1.25 bits per heavy atom. The SMILES string of the molecule is CCCC#CCCOc1cccc(CN)c1. The van der Waals surface area contributed by atoms with E-state index in [1.165, 1.54) is 0 Å². The Kier molecular flexibility index (Phi) is 6.13. The summed E-state index contributed by atoms with van der Waals surface area (Å²) in [4.78, 5) is 0. The Bertz CT molecular complexity index is 362. The summed E-state index contributed by atoms with van der Waals surface area (Å²) in [6.45, 7) is 3.32. The van der Waals surface area contributed by atoms with Crippen LogP contribution in [0.15, 0.2) is 24.3 Å². The first kappa shape index (κ1) is 12.6. The molecule has 0 saturated carbocycles. The normalized spacial score (nSPS) is 9.38. The minimum atomic E-state index is 0.549. The van der Waals surface area contributed by atoms with Crippen LogP contribution in [0.2, 0.25) is 0 Å². The Labute approximate surface area is 97.8 Å². The minimum Gasteiger partial charge on any atom is -0.493 e. The summed E-state index contributed by atoms with van der Waals surface area (Å²) >= 11 is 0. The molecule has 0 fully saturated rings. The second-order valence-electron chi connectivity index (χ2n) is 3.55. The van der Waals surface area contributed by atoms with Gasteiger partial charge < -0.3 is 10.5 Å². The summed E-state index contributed by atoms with van der Waals surface area (Å²) in [5.74, 6) is 7.05. The fourth-order valence-electron chi connectivity index (χ4n) is 1.28. The van der Waals surface area contributed by atoms with Gasteiger partial charge in [0, 0.05) is 19.4 Å². The molecule has 2 N–H and O–H groups in total. The van der Waals surface area contributed by atoms with Gasteiger partial charge in [0.05, 0.1) is 6.61 Å². The van der Waals surface area contributed by atoms with Crippen molar-refractivity contribution in [2.75, 3.05) is 6.61 Å². The lowest BCUT2D eigenvalue weighted by Gasteiger charge is -2.05. The van der Waals surface area contributed by atoms with Crippen molar-refractivity contribution in [3.63, 3.8) is 0 Å². The van der Waals surface area contributed by atoms with E-state index in [0.29, 0.717) is 13.2 Å². The first-order valence-electron chi connectivity index (χ1n) is 5.74. The van der Waals surface area contributed by atoms with Crippen LogP contribution in [0, 0.1) is 11.8 Å². The van der Waals surface area contributed by atoms with Gasteiger partial charge in [-0.3, -0.25) is 0 Å². The van der Waals surface area contributed by atoms with Gasteiger partial charge in [-0.2, -0.15) is 0 Å². The second-order valence-corrected chi connectivity index (χ2v) is 3.55. The van der Waals surface area contributed by atoms with E-state index < -0.39 is 0 Å². The summed E-state index contributed by atoms with van der Waals surface area (Å²) < 4.78 is 5.57. The fraction of sp³-hybridized carbons (Fsp3) is 0.429. The monoisotopic (exact) mass is 217 g/mol.